The molecule has 2 aliphatic carbocycles. The lowest BCUT2D eigenvalue weighted by Crippen LogP contribution is -2.26. The van der Waals surface area contributed by atoms with Crippen molar-refractivity contribution < 1.29 is 19.1 Å². The average Bonchev–Trinajstić information content (AvgIpc) is 2.70. The molecule has 0 heterocycles. The van der Waals surface area contributed by atoms with Gasteiger partial charge in [-0.1, -0.05) is 29.5 Å². The van der Waals surface area contributed by atoms with Crippen molar-refractivity contribution in [1.29, 1.82) is 0 Å². The molecule has 0 N–H and O–H groups in total. The van der Waals surface area contributed by atoms with Gasteiger partial charge in [0.2, 0.25) is 0 Å². The maximum atomic E-state index is 12.7. The fourth-order valence-corrected chi connectivity index (χ4v) is 5.16. The Morgan fingerprint density at radius 3 is 1.93 bits per heavy atom. The molecular formula is C24H33IO4. The Morgan fingerprint density at radius 2 is 1.34 bits per heavy atom. The summed E-state index contributed by atoms with van der Waals surface area (Å²) in [4.78, 5) is 25.3. The summed E-state index contributed by atoms with van der Waals surface area (Å²) >= 11 is 2.46. The first-order chi connectivity index (χ1) is 13.8. The van der Waals surface area contributed by atoms with Gasteiger partial charge in [-0.15, -0.1) is 0 Å². The van der Waals surface area contributed by atoms with Crippen LogP contribution < -0.4 is 9.47 Å². The SMILES string of the molecule is Cc1cc(OC(=O)[C@H]2CC[C@H](I)CC2)c(C)c(C)c1OC(=O)[C@H]1CC[C@H](C)CC1. The molecule has 2 aliphatic rings. The van der Waals surface area contributed by atoms with Crippen molar-refractivity contribution in [3.63, 3.8) is 0 Å². The topological polar surface area (TPSA) is 52.6 Å². The summed E-state index contributed by atoms with van der Waals surface area (Å²) in [5.74, 6) is 1.65. The van der Waals surface area contributed by atoms with E-state index in [9.17, 15) is 9.59 Å². The highest BCUT2D eigenvalue weighted by Gasteiger charge is 2.29. The van der Waals surface area contributed by atoms with Gasteiger partial charge in [0, 0.05) is 3.92 Å². The van der Waals surface area contributed by atoms with Crippen molar-refractivity contribution in [3.05, 3.63) is 22.8 Å². The van der Waals surface area contributed by atoms with Crippen LogP contribution in [-0.2, 0) is 9.59 Å². The maximum Gasteiger partial charge on any atom is 0.314 e. The normalized spacial score (nSPS) is 27.3. The highest BCUT2D eigenvalue weighted by atomic mass is 127. The minimum Gasteiger partial charge on any atom is -0.426 e. The van der Waals surface area contributed by atoms with Crippen LogP contribution in [-0.4, -0.2) is 15.9 Å². The summed E-state index contributed by atoms with van der Waals surface area (Å²) in [7, 11) is 0. The number of rotatable bonds is 4. The summed E-state index contributed by atoms with van der Waals surface area (Å²) in [5.41, 5.74) is 2.58. The molecular weight excluding hydrogens is 479 g/mol. The molecule has 0 radical (unpaired) electrons. The molecule has 5 heteroatoms. The van der Waals surface area contributed by atoms with Gasteiger partial charge >= 0.3 is 11.9 Å². The first-order valence-corrected chi connectivity index (χ1v) is 12.2. The second-order valence-corrected chi connectivity index (χ2v) is 10.8. The van der Waals surface area contributed by atoms with Gasteiger partial charge in [0.15, 0.2) is 0 Å². The van der Waals surface area contributed by atoms with E-state index >= 15 is 0 Å². The van der Waals surface area contributed by atoms with Gasteiger partial charge in [-0.05, 0) is 101 Å². The number of carbonyl (C=O) groups excluding carboxylic acids is 2. The minimum atomic E-state index is -0.128. The van der Waals surface area contributed by atoms with E-state index in [4.69, 9.17) is 9.47 Å². The predicted octanol–water partition coefficient (Wildman–Crippen LogP) is 6.24. The van der Waals surface area contributed by atoms with Crippen LogP contribution in [0, 0.1) is 38.5 Å². The van der Waals surface area contributed by atoms with Crippen molar-refractivity contribution in [2.75, 3.05) is 0 Å². The van der Waals surface area contributed by atoms with Crippen LogP contribution in [0.1, 0.15) is 75.0 Å². The largest absolute Gasteiger partial charge is 0.426 e. The molecule has 0 bridgehead atoms. The van der Waals surface area contributed by atoms with Gasteiger partial charge < -0.3 is 9.47 Å². The van der Waals surface area contributed by atoms with E-state index in [0.717, 1.165) is 68.1 Å². The van der Waals surface area contributed by atoms with Crippen molar-refractivity contribution >= 4 is 34.5 Å². The molecule has 0 saturated heterocycles. The number of aryl methyl sites for hydroxylation is 1. The van der Waals surface area contributed by atoms with Crippen molar-refractivity contribution in [2.45, 2.75) is 83.0 Å². The summed E-state index contributed by atoms with van der Waals surface area (Å²) in [6.45, 7) is 8.02. The van der Waals surface area contributed by atoms with Gasteiger partial charge in [-0.3, -0.25) is 9.59 Å². The van der Waals surface area contributed by atoms with Crippen LogP contribution in [0.3, 0.4) is 0 Å². The van der Waals surface area contributed by atoms with Crippen molar-refractivity contribution in [1.82, 2.24) is 0 Å². The average molecular weight is 512 g/mol. The molecule has 29 heavy (non-hydrogen) atoms. The van der Waals surface area contributed by atoms with E-state index in [1.54, 1.807) is 0 Å². The third-order valence-electron chi connectivity index (χ3n) is 6.73. The van der Waals surface area contributed by atoms with Crippen LogP contribution in [0.2, 0.25) is 0 Å². The summed E-state index contributed by atoms with van der Waals surface area (Å²) < 4.78 is 12.3. The molecule has 1 aromatic rings. The monoisotopic (exact) mass is 512 g/mol. The maximum absolute atomic E-state index is 12.7. The van der Waals surface area contributed by atoms with E-state index in [0.29, 0.717) is 21.3 Å². The Hall–Kier alpha value is -1.11. The Kier molecular flexibility index (Phi) is 7.63. The third-order valence-corrected chi connectivity index (χ3v) is 7.98. The second-order valence-electron chi connectivity index (χ2n) is 9.02. The fraction of sp³-hybridized carbons (Fsp3) is 0.667. The number of alkyl halides is 1. The van der Waals surface area contributed by atoms with Crippen LogP contribution in [0.15, 0.2) is 6.07 Å². The van der Waals surface area contributed by atoms with Crippen molar-refractivity contribution in [2.24, 2.45) is 17.8 Å². The number of hydrogen-bond acceptors (Lipinski definition) is 4. The fourth-order valence-electron chi connectivity index (χ4n) is 4.44. The van der Waals surface area contributed by atoms with E-state index in [1.807, 2.05) is 26.8 Å². The quantitative estimate of drug-likeness (QED) is 0.207. The zero-order valence-corrected chi connectivity index (χ0v) is 20.2. The van der Waals surface area contributed by atoms with E-state index < -0.39 is 0 Å². The number of carbonyl (C=O) groups is 2. The molecule has 0 unspecified atom stereocenters. The lowest BCUT2D eigenvalue weighted by Gasteiger charge is -2.26. The Morgan fingerprint density at radius 1 is 0.828 bits per heavy atom. The predicted molar refractivity (Wildman–Crippen MR) is 123 cm³/mol. The van der Waals surface area contributed by atoms with Gasteiger partial charge in [0.05, 0.1) is 11.8 Å². The molecule has 0 aliphatic heterocycles. The Labute approximate surface area is 188 Å². The van der Waals surface area contributed by atoms with E-state index in [-0.39, 0.29) is 23.8 Å². The lowest BCUT2D eigenvalue weighted by molar-refractivity contribution is -0.141. The Balaban J connectivity index is 1.69. The third kappa shape index (κ3) is 5.53. The van der Waals surface area contributed by atoms with E-state index in [1.165, 1.54) is 0 Å². The standard InChI is InChI=1S/C24H33IO4/c1-14-5-7-18(8-6-14)24(27)29-22-15(2)13-21(16(3)17(22)4)28-23(26)19-9-11-20(25)12-10-19/h13-14,18-20H,5-12H2,1-4H3/t14-,18-,19-,20-. The molecule has 160 valence electrons. The molecule has 0 atom stereocenters. The first-order valence-electron chi connectivity index (χ1n) is 10.9. The Bertz CT molecular complexity index is 757. The van der Waals surface area contributed by atoms with E-state index in [2.05, 4.69) is 29.5 Å². The van der Waals surface area contributed by atoms with Crippen LogP contribution in [0.25, 0.3) is 0 Å². The number of esters is 2. The van der Waals surface area contributed by atoms with Gasteiger partial charge in [0.1, 0.15) is 11.5 Å². The minimum absolute atomic E-state index is 0.00385. The molecule has 0 aromatic heterocycles. The lowest BCUT2D eigenvalue weighted by atomic mass is 9.83. The zero-order chi connectivity index (χ0) is 21.1. The number of halogens is 1. The summed E-state index contributed by atoms with van der Waals surface area (Å²) in [6, 6.07) is 1.84. The van der Waals surface area contributed by atoms with Crippen LogP contribution >= 0.6 is 22.6 Å². The molecule has 0 amide bonds. The summed E-state index contributed by atoms with van der Waals surface area (Å²) in [6.07, 6.45) is 7.95. The van der Waals surface area contributed by atoms with Gasteiger partial charge in [-0.2, -0.15) is 0 Å². The molecule has 0 spiro atoms. The highest BCUT2D eigenvalue weighted by Crippen LogP contribution is 2.37. The molecule has 2 saturated carbocycles. The molecule has 1 aromatic carbocycles. The zero-order valence-electron chi connectivity index (χ0n) is 18.1. The molecule has 3 rings (SSSR count). The smallest absolute Gasteiger partial charge is 0.314 e. The van der Waals surface area contributed by atoms with Crippen molar-refractivity contribution in [3.8, 4) is 11.5 Å². The number of ether oxygens (including phenoxy) is 2. The van der Waals surface area contributed by atoms with Crippen LogP contribution in [0.4, 0.5) is 0 Å². The molecule has 2 fully saturated rings. The van der Waals surface area contributed by atoms with Gasteiger partial charge in [0.25, 0.3) is 0 Å². The first kappa shape index (κ1) is 22.6. The van der Waals surface area contributed by atoms with Gasteiger partial charge in [-0.25, -0.2) is 0 Å². The number of hydrogen-bond donors (Lipinski definition) is 0. The second kappa shape index (κ2) is 9.80. The highest BCUT2D eigenvalue weighted by molar-refractivity contribution is 14.1. The van der Waals surface area contributed by atoms with Crippen LogP contribution in [0.5, 0.6) is 11.5 Å². The molecule has 4 nitrogen and oxygen atoms in total. The number of benzene rings is 1. The summed E-state index contributed by atoms with van der Waals surface area (Å²) in [5, 5.41) is 0.